The minimum atomic E-state index is -0.608. The van der Waals surface area contributed by atoms with Crippen molar-refractivity contribution in [3.8, 4) is 0 Å². The number of carboxylic acid groups (broad SMARTS) is 1. The lowest BCUT2D eigenvalue weighted by atomic mass is 9.72. The maximum atomic E-state index is 11.2. The van der Waals surface area contributed by atoms with Crippen LogP contribution in [-0.2, 0) is 4.79 Å². The molecule has 0 radical (unpaired) electrons. The molecule has 0 spiro atoms. The molecule has 0 heterocycles. The third-order valence-electron chi connectivity index (χ3n) is 2.78. The van der Waals surface area contributed by atoms with Crippen LogP contribution in [0, 0.1) is 5.92 Å². The molecular weight excluding hydrogens is 196 g/mol. The SMILES string of the molecule is CCCC1CC(SC(C)C)(C(=O)O)C1. The van der Waals surface area contributed by atoms with E-state index in [1.165, 1.54) is 12.8 Å². The predicted octanol–water partition coefficient (Wildman–Crippen LogP) is 3.16. The highest BCUT2D eigenvalue weighted by Crippen LogP contribution is 2.51. The Morgan fingerprint density at radius 1 is 1.57 bits per heavy atom. The van der Waals surface area contributed by atoms with Crippen molar-refractivity contribution in [1.82, 2.24) is 0 Å². The van der Waals surface area contributed by atoms with E-state index in [1.54, 1.807) is 11.8 Å². The summed E-state index contributed by atoms with van der Waals surface area (Å²) in [5.41, 5.74) is 0. The molecule has 2 nitrogen and oxygen atoms in total. The number of aliphatic carboxylic acids is 1. The van der Waals surface area contributed by atoms with Gasteiger partial charge in [0.05, 0.1) is 0 Å². The first-order chi connectivity index (χ1) is 6.50. The van der Waals surface area contributed by atoms with Gasteiger partial charge in [0.15, 0.2) is 0 Å². The van der Waals surface area contributed by atoms with Gasteiger partial charge in [0.25, 0.3) is 0 Å². The zero-order valence-electron chi connectivity index (χ0n) is 9.25. The van der Waals surface area contributed by atoms with Crippen molar-refractivity contribution in [2.75, 3.05) is 0 Å². The molecule has 0 bridgehead atoms. The van der Waals surface area contributed by atoms with Crippen molar-refractivity contribution in [2.45, 2.75) is 56.5 Å². The second-order valence-corrected chi connectivity index (χ2v) is 6.49. The lowest BCUT2D eigenvalue weighted by Gasteiger charge is -2.44. The molecule has 0 unspecified atom stereocenters. The highest BCUT2D eigenvalue weighted by molar-refractivity contribution is 8.02. The van der Waals surface area contributed by atoms with Crippen molar-refractivity contribution in [3.05, 3.63) is 0 Å². The van der Waals surface area contributed by atoms with Gasteiger partial charge in [-0.1, -0.05) is 33.6 Å². The Balaban J connectivity index is 2.49. The Hall–Kier alpha value is -0.180. The minimum Gasteiger partial charge on any atom is -0.480 e. The summed E-state index contributed by atoms with van der Waals surface area (Å²) in [5, 5.41) is 9.61. The Kier molecular flexibility index (Phi) is 3.87. The third kappa shape index (κ3) is 2.44. The van der Waals surface area contributed by atoms with Gasteiger partial charge in [-0.05, 0) is 18.8 Å². The number of carboxylic acids is 1. The summed E-state index contributed by atoms with van der Waals surface area (Å²) in [5.74, 6) is 0.0471. The molecule has 14 heavy (non-hydrogen) atoms. The lowest BCUT2D eigenvalue weighted by Crippen LogP contribution is -2.48. The fourth-order valence-corrected chi connectivity index (χ4v) is 3.92. The summed E-state index contributed by atoms with van der Waals surface area (Å²) in [6.45, 7) is 6.31. The Labute approximate surface area is 90.5 Å². The van der Waals surface area contributed by atoms with Crippen LogP contribution >= 0.6 is 11.8 Å². The summed E-state index contributed by atoms with van der Waals surface area (Å²) in [6, 6.07) is 0. The molecular formula is C11H20O2S. The van der Waals surface area contributed by atoms with Gasteiger partial charge in [0.1, 0.15) is 4.75 Å². The van der Waals surface area contributed by atoms with E-state index in [2.05, 4.69) is 20.8 Å². The minimum absolute atomic E-state index is 0.411. The normalized spacial score (nSPS) is 31.6. The Morgan fingerprint density at radius 3 is 2.50 bits per heavy atom. The molecule has 1 N–H and O–H groups in total. The smallest absolute Gasteiger partial charge is 0.319 e. The van der Waals surface area contributed by atoms with E-state index in [-0.39, 0.29) is 0 Å². The molecule has 0 aromatic rings. The van der Waals surface area contributed by atoms with Gasteiger partial charge >= 0.3 is 5.97 Å². The van der Waals surface area contributed by atoms with Gasteiger partial charge in [0.2, 0.25) is 0 Å². The molecule has 1 rings (SSSR count). The van der Waals surface area contributed by atoms with Gasteiger partial charge in [0, 0.05) is 5.25 Å². The van der Waals surface area contributed by atoms with E-state index in [0.29, 0.717) is 11.2 Å². The van der Waals surface area contributed by atoms with Crippen LogP contribution in [0.4, 0.5) is 0 Å². The van der Waals surface area contributed by atoms with Crippen molar-refractivity contribution in [1.29, 1.82) is 0 Å². The maximum Gasteiger partial charge on any atom is 0.319 e. The molecule has 0 aliphatic heterocycles. The second kappa shape index (κ2) is 4.56. The zero-order chi connectivity index (χ0) is 10.8. The van der Waals surface area contributed by atoms with Gasteiger partial charge in [-0.3, -0.25) is 4.79 Å². The molecule has 1 saturated carbocycles. The molecule has 0 aromatic carbocycles. The lowest BCUT2D eigenvalue weighted by molar-refractivity contribution is -0.143. The van der Waals surface area contributed by atoms with E-state index in [1.807, 2.05) is 0 Å². The summed E-state index contributed by atoms with van der Waals surface area (Å²) in [6.07, 6.45) is 4.11. The van der Waals surface area contributed by atoms with Crippen LogP contribution in [0.25, 0.3) is 0 Å². The van der Waals surface area contributed by atoms with Crippen LogP contribution in [0.15, 0.2) is 0 Å². The fourth-order valence-electron chi connectivity index (χ4n) is 2.26. The van der Waals surface area contributed by atoms with E-state index < -0.39 is 10.7 Å². The summed E-state index contributed by atoms with van der Waals surface area (Å²) in [4.78, 5) is 11.2. The van der Waals surface area contributed by atoms with Crippen molar-refractivity contribution in [2.24, 2.45) is 5.92 Å². The van der Waals surface area contributed by atoms with Crippen LogP contribution < -0.4 is 0 Å². The standard InChI is InChI=1S/C11H20O2S/c1-4-5-9-6-11(7-9,10(12)13)14-8(2)3/h8-9H,4-7H2,1-3H3,(H,12,13). The van der Waals surface area contributed by atoms with Crippen molar-refractivity contribution >= 4 is 17.7 Å². The predicted molar refractivity (Wildman–Crippen MR) is 60.7 cm³/mol. The molecule has 3 heteroatoms. The van der Waals surface area contributed by atoms with Gasteiger partial charge in [-0.15, -0.1) is 11.8 Å². The monoisotopic (exact) mass is 216 g/mol. The Bertz CT molecular complexity index is 207. The quantitative estimate of drug-likeness (QED) is 0.767. The second-order valence-electron chi connectivity index (χ2n) is 4.53. The summed E-state index contributed by atoms with van der Waals surface area (Å²) < 4.78 is -0.450. The molecule has 0 amide bonds. The highest BCUT2D eigenvalue weighted by Gasteiger charge is 2.50. The van der Waals surface area contributed by atoms with Crippen LogP contribution in [0.1, 0.15) is 46.5 Å². The van der Waals surface area contributed by atoms with E-state index >= 15 is 0 Å². The maximum absolute atomic E-state index is 11.2. The molecule has 0 atom stereocenters. The average Bonchev–Trinajstić information content (AvgIpc) is 1.98. The third-order valence-corrected chi connectivity index (χ3v) is 4.22. The molecule has 0 saturated heterocycles. The first-order valence-corrected chi connectivity index (χ1v) is 6.29. The van der Waals surface area contributed by atoms with Crippen LogP contribution in [0.2, 0.25) is 0 Å². The Morgan fingerprint density at radius 2 is 2.14 bits per heavy atom. The summed E-state index contributed by atoms with van der Waals surface area (Å²) >= 11 is 1.63. The largest absolute Gasteiger partial charge is 0.480 e. The highest BCUT2D eigenvalue weighted by atomic mass is 32.2. The molecule has 82 valence electrons. The van der Waals surface area contributed by atoms with Crippen molar-refractivity contribution in [3.63, 3.8) is 0 Å². The molecule has 1 aliphatic rings. The van der Waals surface area contributed by atoms with E-state index in [9.17, 15) is 9.90 Å². The number of carbonyl (C=O) groups is 1. The fraction of sp³-hybridized carbons (Fsp3) is 0.909. The number of hydrogen-bond donors (Lipinski definition) is 1. The number of thioether (sulfide) groups is 1. The summed E-state index contributed by atoms with van der Waals surface area (Å²) in [7, 11) is 0. The first-order valence-electron chi connectivity index (χ1n) is 5.41. The number of hydrogen-bond acceptors (Lipinski definition) is 2. The van der Waals surface area contributed by atoms with Gasteiger partial charge < -0.3 is 5.11 Å². The molecule has 1 fully saturated rings. The van der Waals surface area contributed by atoms with Crippen molar-refractivity contribution < 1.29 is 9.90 Å². The molecule has 1 aliphatic carbocycles. The van der Waals surface area contributed by atoms with Crippen LogP contribution in [-0.4, -0.2) is 21.1 Å². The zero-order valence-corrected chi connectivity index (χ0v) is 10.1. The van der Waals surface area contributed by atoms with Gasteiger partial charge in [-0.2, -0.15) is 0 Å². The van der Waals surface area contributed by atoms with E-state index in [0.717, 1.165) is 12.8 Å². The van der Waals surface area contributed by atoms with Gasteiger partial charge in [-0.25, -0.2) is 0 Å². The van der Waals surface area contributed by atoms with E-state index in [4.69, 9.17) is 0 Å². The van der Waals surface area contributed by atoms with Crippen LogP contribution in [0.3, 0.4) is 0 Å². The number of rotatable bonds is 5. The average molecular weight is 216 g/mol. The first kappa shape index (κ1) is 11.9. The topological polar surface area (TPSA) is 37.3 Å². The van der Waals surface area contributed by atoms with Crippen LogP contribution in [0.5, 0.6) is 0 Å². The molecule has 0 aromatic heterocycles.